The van der Waals surface area contributed by atoms with Crippen LogP contribution < -0.4 is 5.32 Å². The van der Waals surface area contributed by atoms with Crippen LogP contribution in [0.3, 0.4) is 0 Å². The number of carbonyl (C=O) groups is 1. The minimum atomic E-state index is -0.331. The summed E-state index contributed by atoms with van der Waals surface area (Å²) < 4.78 is 6.73. The molecule has 3 aromatic rings. The van der Waals surface area contributed by atoms with E-state index in [2.05, 4.69) is 40.2 Å². The average molecular weight is 295 g/mol. The van der Waals surface area contributed by atoms with Crippen molar-refractivity contribution < 1.29 is 9.53 Å². The van der Waals surface area contributed by atoms with Gasteiger partial charge in [0.25, 0.3) is 0 Å². The molecule has 1 heterocycles. The molecule has 0 fully saturated rings. The van der Waals surface area contributed by atoms with Gasteiger partial charge in [-0.15, -0.1) is 0 Å². The summed E-state index contributed by atoms with van der Waals surface area (Å²) in [6.07, 6.45) is 1.82. The second-order valence-corrected chi connectivity index (χ2v) is 5.11. The maximum Gasteiger partial charge on any atom is 0.337 e. The number of nitrogens with zero attached hydrogens (tertiary/aromatic N) is 2. The highest BCUT2D eigenvalue weighted by Crippen LogP contribution is 2.15. The average Bonchev–Trinajstić information content (AvgIpc) is 2.94. The molecule has 0 spiro atoms. The summed E-state index contributed by atoms with van der Waals surface area (Å²) in [7, 11) is 1.38. The lowest BCUT2D eigenvalue weighted by Crippen LogP contribution is -2.07. The van der Waals surface area contributed by atoms with Gasteiger partial charge in [-0.1, -0.05) is 6.07 Å². The van der Waals surface area contributed by atoms with E-state index in [-0.39, 0.29) is 5.97 Å². The number of esters is 1. The molecule has 5 heteroatoms. The molecular formula is C17H17N3O2. The normalized spacial score (nSPS) is 10.6. The van der Waals surface area contributed by atoms with Crippen molar-refractivity contribution in [3.8, 4) is 0 Å². The molecule has 0 aliphatic heterocycles. The Labute approximate surface area is 128 Å². The van der Waals surface area contributed by atoms with Gasteiger partial charge in [0.2, 0.25) is 0 Å². The molecule has 0 radical (unpaired) electrons. The molecular weight excluding hydrogens is 278 g/mol. The highest BCUT2D eigenvalue weighted by atomic mass is 16.5. The van der Waals surface area contributed by atoms with Crippen molar-refractivity contribution in [2.45, 2.75) is 13.6 Å². The second kappa shape index (κ2) is 5.89. The van der Waals surface area contributed by atoms with Gasteiger partial charge in [0, 0.05) is 5.69 Å². The van der Waals surface area contributed by atoms with Crippen LogP contribution in [0.1, 0.15) is 15.9 Å². The molecule has 112 valence electrons. The SMILES string of the molecule is COC(=O)c1ccc(NCn2cnc3cc(C)ccc32)cc1. The summed E-state index contributed by atoms with van der Waals surface area (Å²) in [5, 5.41) is 3.31. The number of anilines is 1. The Morgan fingerprint density at radius 3 is 2.73 bits per heavy atom. The summed E-state index contributed by atoms with van der Waals surface area (Å²) in [5.74, 6) is -0.331. The number of rotatable bonds is 4. The molecule has 0 saturated heterocycles. The summed E-state index contributed by atoms with van der Waals surface area (Å²) in [6, 6.07) is 13.4. The number of carbonyl (C=O) groups excluding carboxylic acids is 1. The van der Waals surface area contributed by atoms with Gasteiger partial charge in [-0.25, -0.2) is 9.78 Å². The van der Waals surface area contributed by atoms with E-state index in [1.807, 2.05) is 23.0 Å². The maximum atomic E-state index is 11.4. The van der Waals surface area contributed by atoms with Crippen LogP contribution in [-0.4, -0.2) is 22.6 Å². The first-order valence-corrected chi connectivity index (χ1v) is 7.01. The van der Waals surface area contributed by atoms with Crippen LogP contribution in [0.5, 0.6) is 0 Å². The number of imidazole rings is 1. The minimum absolute atomic E-state index is 0.331. The van der Waals surface area contributed by atoms with E-state index >= 15 is 0 Å². The largest absolute Gasteiger partial charge is 0.465 e. The highest BCUT2D eigenvalue weighted by molar-refractivity contribution is 5.89. The van der Waals surface area contributed by atoms with Gasteiger partial charge in [0.1, 0.15) is 0 Å². The van der Waals surface area contributed by atoms with Gasteiger partial charge in [0.15, 0.2) is 0 Å². The van der Waals surface area contributed by atoms with E-state index in [4.69, 9.17) is 0 Å². The summed E-state index contributed by atoms with van der Waals surface area (Å²) in [4.78, 5) is 15.8. The van der Waals surface area contributed by atoms with Crippen LogP contribution in [0.4, 0.5) is 5.69 Å². The number of hydrogen-bond acceptors (Lipinski definition) is 4. The first-order chi connectivity index (χ1) is 10.7. The van der Waals surface area contributed by atoms with Crippen molar-refractivity contribution in [1.82, 2.24) is 9.55 Å². The monoisotopic (exact) mass is 295 g/mol. The Morgan fingerprint density at radius 2 is 2.00 bits per heavy atom. The number of nitrogens with one attached hydrogen (secondary N) is 1. The lowest BCUT2D eigenvalue weighted by molar-refractivity contribution is 0.0601. The van der Waals surface area contributed by atoms with Gasteiger partial charge in [0.05, 0.1) is 36.7 Å². The molecule has 0 bridgehead atoms. The molecule has 2 aromatic carbocycles. The first kappa shape index (κ1) is 14.1. The van der Waals surface area contributed by atoms with Crippen molar-refractivity contribution in [2.75, 3.05) is 12.4 Å². The Morgan fingerprint density at radius 1 is 1.23 bits per heavy atom. The summed E-state index contributed by atoms with van der Waals surface area (Å²) >= 11 is 0. The third-order valence-electron chi connectivity index (χ3n) is 3.54. The fraction of sp³-hybridized carbons (Fsp3) is 0.176. The molecule has 1 N–H and O–H groups in total. The van der Waals surface area contributed by atoms with Crippen LogP contribution in [0.15, 0.2) is 48.8 Å². The van der Waals surface area contributed by atoms with Crippen LogP contribution in [0.25, 0.3) is 11.0 Å². The third kappa shape index (κ3) is 2.79. The van der Waals surface area contributed by atoms with E-state index in [0.29, 0.717) is 12.2 Å². The summed E-state index contributed by atoms with van der Waals surface area (Å²) in [6.45, 7) is 2.66. The number of ether oxygens (including phenoxy) is 1. The van der Waals surface area contributed by atoms with Gasteiger partial charge in [-0.2, -0.15) is 0 Å². The fourth-order valence-corrected chi connectivity index (χ4v) is 2.32. The first-order valence-electron chi connectivity index (χ1n) is 7.01. The zero-order valence-electron chi connectivity index (χ0n) is 12.5. The molecule has 1 aromatic heterocycles. The van der Waals surface area contributed by atoms with Gasteiger partial charge >= 0.3 is 5.97 Å². The number of aryl methyl sites for hydroxylation is 1. The number of aromatic nitrogens is 2. The Hall–Kier alpha value is -2.82. The Kier molecular flexibility index (Phi) is 3.78. The number of hydrogen-bond donors (Lipinski definition) is 1. The Balaban J connectivity index is 1.72. The van der Waals surface area contributed by atoms with E-state index in [1.165, 1.54) is 12.7 Å². The quantitative estimate of drug-likeness (QED) is 0.751. The van der Waals surface area contributed by atoms with Crippen molar-refractivity contribution in [3.05, 3.63) is 59.9 Å². The predicted molar refractivity (Wildman–Crippen MR) is 85.9 cm³/mol. The van der Waals surface area contributed by atoms with Crippen LogP contribution in [-0.2, 0) is 11.4 Å². The Bertz CT molecular complexity index is 806. The standard InChI is InChI=1S/C17H17N3O2/c1-12-3-8-16-15(9-12)19-11-20(16)10-18-14-6-4-13(5-7-14)17(21)22-2/h3-9,11,18H,10H2,1-2H3. The van der Waals surface area contributed by atoms with Crippen molar-refractivity contribution in [2.24, 2.45) is 0 Å². The number of fused-ring (bicyclic) bond motifs is 1. The van der Waals surface area contributed by atoms with E-state index in [9.17, 15) is 4.79 Å². The van der Waals surface area contributed by atoms with Crippen molar-refractivity contribution in [1.29, 1.82) is 0 Å². The van der Waals surface area contributed by atoms with Gasteiger partial charge in [-0.3, -0.25) is 0 Å². The molecule has 0 aliphatic rings. The molecule has 22 heavy (non-hydrogen) atoms. The molecule has 0 aliphatic carbocycles. The lowest BCUT2D eigenvalue weighted by atomic mass is 10.2. The molecule has 0 saturated carbocycles. The van der Waals surface area contributed by atoms with E-state index in [0.717, 1.165) is 16.7 Å². The van der Waals surface area contributed by atoms with Gasteiger partial charge < -0.3 is 14.6 Å². The topological polar surface area (TPSA) is 56.1 Å². The summed E-state index contributed by atoms with van der Waals surface area (Å²) in [5.41, 5.74) is 4.74. The molecule has 0 atom stereocenters. The van der Waals surface area contributed by atoms with E-state index < -0.39 is 0 Å². The number of benzene rings is 2. The lowest BCUT2D eigenvalue weighted by Gasteiger charge is -2.09. The van der Waals surface area contributed by atoms with E-state index in [1.54, 1.807) is 12.1 Å². The smallest absolute Gasteiger partial charge is 0.337 e. The van der Waals surface area contributed by atoms with Crippen LogP contribution >= 0.6 is 0 Å². The predicted octanol–water partition coefficient (Wildman–Crippen LogP) is 3.20. The van der Waals surface area contributed by atoms with Crippen molar-refractivity contribution >= 4 is 22.7 Å². The van der Waals surface area contributed by atoms with Crippen LogP contribution in [0, 0.1) is 6.92 Å². The molecule has 3 rings (SSSR count). The molecule has 0 amide bonds. The molecule has 5 nitrogen and oxygen atoms in total. The zero-order chi connectivity index (χ0) is 15.5. The second-order valence-electron chi connectivity index (χ2n) is 5.11. The molecule has 0 unspecified atom stereocenters. The maximum absolute atomic E-state index is 11.4. The van der Waals surface area contributed by atoms with Crippen LogP contribution in [0.2, 0.25) is 0 Å². The van der Waals surface area contributed by atoms with Gasteiger partial charge in [-0.05, 0) is 48.9 Å². The zero-order valence-corrected chi connectivity index (χ0v) is 12.5. The van der Waals surface area contributed by atoms with Crippen molar-refractivity contribution in [3.63, 3.8) is 0 Å². The minimum Gasteiger partial charge on any atom is -0.465 e. The number of methoxy groups -OCH3 is 1. The highest BCUT2D eigenvalue weighted by Gasteiger charge is 2.05. The fourth-order valence-electron chi connectivity index (χ4n) is 2.32. The third-order valence-corrected chi connectivity index (χ3v) is 3.54.